The predicted octanol–water partition coefficient (Wildman–Crippen LogP) is 2.39. The minimum absolute atomic E-state index is 0.0441. The van der Waals surface area contributed by atoms with Crippen molar-refractivity contribution >= 4 is 38.2 Å². The maximum atomic E-state index is 12.8. The van der Waals surface area contributed by atoms with Crippen molar-refractivity contribution in [3.63, 3.8) is 0 Å². The number of carbonyl (C=O) groups excluding carboxylic acids is 1. The summed E-state index contributed by atoms with van der Waals surface area (Å²) in [5.74, 6) is 0.0356. The van der Waals surface area contributed by atoms with Gasteiger partial charge in [0.1, 0.15) is 0 Å². The van der Waals surface area contributed by atoms with E-state index in [1.807, 2.05) is 13.0 Å². The maximum Gasteiger partial charge on any atom is 0.256 e. The summed E-state index contributed by atoms with van der Waals surface area (Å²) >= 11 is 5.98. The Labute approximate surface area is 134 Å². The molecule has 0 saturated carbocycles. The number of nitrogens with one attached hydrogen (secondary N) is 1. The van der Waals surface area contributed by atoms with Crippen LogP contribution in [0.5, 0.6) is 0 Å². The van der Waals surface area contributed by atoms with Crippen molar-refractivity contribution in [2.24, 2.45) is 0 Å². The van der Waals surface area contributed by atoms with E-state index in [1.54, 1.807) is 24.1 Å². The number of H-pyrrole nitrogens is 1. The molecule has 0 aliphatic carbocycles. The number of carbonyl (C=O) groups is 1. The van der Waals surface area contributed by atoms with E-state index in [1.165, 1.54) is 0 Å². The first-order valence-electron chi connectivity index (χ1n) is 7.04. The lowest BCUT2D eigenvalue weighted by Gasteiger charge is -2.23. The van der Waals surface area contributed by atoms with Crippen LogP contribution in [0.15, 0.2) is 18.2 Å². The summed E-state index contributed by atoms with van der Waals surface area (Å²) in [6, 6.07) is 5.08. The van der Waals surface area contributed by atoms with Crippen molar-refractivity contribution in [1.82, 2.24) is 9.88 Å². The average molecular weight is 341 g/mol. The van der Waals surface area contributed by atoms with Crippen LogP contribution < -0.4 is 0 Å². The summed E-state index contributed by atoms with van der Waals surface area (Å²) < 4.78 is 23.2. The number of benzene rings is 1. The fraction of sp³-hybridized carbons (Fsp3) is 0.400. The number of aryl methyl sites for hydroxylation is 1. The Kier molecular flexibility index (Phi) is 3.69. The van der Waals surface area contributed by atoms with Crippen LogP contribution in [-0.2, 0) is 9.84 Å². The fourth-order valence-corrected chi connectivity index (χ4v) is 4.95. The third-order valence-electron chi connectivity index (χ3n) is 4.24. The molecule has 1 atom stereocenters. The van der Waals surface area contributed by atoms with Gasteiger partial charge in [-0.3, -0.25) is 4.79 Å². The SMILES string of the molecule is Cc1[nH]c2cc(Cl)ccc2c1C(=O)N(C)C1CCS(=O)(=O)C1. The topological polar surface area (TPSA) is 70.2 Å². The third kappa shape index (κ3) is 2.61. The highest BCUT2D eigenvalue weighted by atomic mass is 35.5. The Morgan fingerprint density at radius 1 is 1.41 bits per heavy atom. The molecule has 1 aromatic heterocycles. The number of amides is 1. The molecule has 2 aromatic rings. The van der Waals surface area contributed by atoms with Crippen LogP contribution in [0, 0.1) is 6.92 Å². The van der Waals surface area contributed by atoms with E-state index in [2.05, 4.69) is 4.98 Å². The van der Waals surface area contributed by atoms with Gasteiger partial charge in [-0.1, -0.05) is 17.7 Å². The quantitative estimate of drug-likeness (QED) is 0.912. The summed E-state index contributed by atoms with van der Waals surface area (Å²) in [5.41, 5.74) is 2.15. The van der Waals surface area contributed by atoms with Crippen LogP contribution in [0.25, 0.3) is 10.9 Å². The lowest BCUT2D eigenvalue weighted by Crippen LogP contribution is -2.38. The van der Waals surface area contributed by atoms with Gasteiger partial charge in [0.15, 0.2) is 9.84 Å². The molecule has 2 heterocycles. The second kappa shape index (κ2) is 5.28. The lowest BCUT2D eigenvalue weighted by molar-refractivity contribution is 0.0749. The highest BCUT2D eigenvalue weighted by molar-refractivity contribution is 7.91. The Balaban J connectivity index is 1.97. The molecule has 1 aromatic carbocycles. The van der Waals surface area contributed by atoms with E-state index in [4.69, 9.17) is 11.6 Å². The number of nitrogens with zero attached hydrogens (tertiary/aromatic N) is 1. The van der Waals surface area contributed by atoms with Gasteiger partial charge in [0.05, 0.1) is 17.1 Å². The normalized spacial score (nSPS) is 20.4. The molecule has 1 amide bonds. The summed E-state index contributed by atoms with van der Waals surface area (Å²) in [5, 5.41) is 1.41. The van der Waals surface area contributed by atoms with Crippen molar-refractivity contribution < 1.29 is 13.2 Å². The summed E-state index contributed by atoms with van der Waals surface area (Å²) in [4.78, 5) is 17.5. The van der Waals surface area contributed by atoms with Crippen LogP contribution in [0.2, 0.25) is 5.02 Å². The van der Waals surface area contributed by atoms with Gasteiger partial charge in [0.2, 0.25) is 0 Å². The number of aromatic nitrogens is 1. The standard InChI is InChI=1S/C15H17ClN2O3S/c1-9-14(12-4-3-10(16)7-13(12)17-9)15(19)18(2)11-5-6-22(20,21)8-11/h3-4,7,11,17H,5-6,8H2,1-2H3. The molecule has 1 aliphatic heterocycles. The molecule has 7 heteroatoms. The van der Waals surface area contributed by atoms with Gasteiger partial charge in [-0.05, 0) is 25.5 Å². The minimum atomic E-state index is -3.02. The summed E-state index contributed by atoms with van der Waals surface area (Å²) in [6.45, 7) is 1.83. The molecule has 0 spiro atoms. The number of hydrogen-bond donors (Lipinski definition) is 1. The summed E-state index contributed by atoms with van der Waals surface area (Å²) in [6.07, 6.45) is 0.498. The fourth-order valence-electron chi connectivity index (χ4n) is 3.00. The van der Waals surface area contributed by atoms with Gasteiger partial charge in [0, 0.05) is 34.7 Å². The van der Waals surface area contributed by atoms with Crippen molar-refractivity contribution in [3.8, 4) is 0 Å². The highest BCUT2D eigenvalue weighted by Crippen LogP contribution is 2.27. The van der Waals surface area contributed by atoms with E-state index < -0.39 is 9.84 Å². The minimum Gasteiger partial charge on any atom is -0.358 e. The Hall–Kier alpha value is -1.53. The number of sulfone groups is 1. The zero-order valence-electron chi connectivity index (χ0n) is 12.4. The number of aromatic amines is 1. The van der Waals surface area contributed by atoms with Crippen LogP contribution in [0.4, 0.5) is 0 Å². The third-order valence-corrected chi connectivity index (χ3v) is 6.22. The zero-order chi connectivity index (χ0) is 16.1. The van der Waals surface area contributed by atoms with E-state index in [-0.39, 0.29) is 23.5 Å². The van der Waals surface area contributed by atoms with Crippen molar-refractivity contribution in [1.29, 1.82) is 0 Å². The van der Waals surface area contributed by atoms with Gasteiger partial charge in [0.25, 0.3) is 5.91 Å². The highest BCUT2D eigenvalue weighted by Gasteiger charge is 2.34. The molecular formula is C15H17ClN2O3S. The Morgan fingerprint density at radius 3 is 2.77 bits per heavy atom. The second-order valence-electron chi connectivity index (χ2n) is 5.79. The van der Waals surface area contributed by atoms with Crippen LogP contribution >= 0.6 is 11.6 Å². The van der Waals surface area contributed by atoms with Gasteiger partial charge in [-0.25, -0.2) is 8.42 Å². The molecule has 5 nitrogen and oxygen atoms in total. The van der Waals surface area contributed by atoms with E-state index in [0.29, 0.717) is 17.0 Å². The van der Waals surface area contributed by atoms with Gasteiger partial charge >= 0.3 is 0 Å². The predicted molar refractivity (Wildman–Crippen MR) is 87.2 cm³/mol. The average Bonchev–Trinajstić information content (AvgIpc) is 2.95. The Bertz CT molecular complexity index is 857. The number of hydrogen-bond acceptors (Lipinski definition) is 3. The monoisotopic (exact) mass is 340 g/mol. The number of halogens is 1. The van der Waals surface area contributed by atoms with Crippen LogP contribution in [0.3, 0.4) is 0 Å². The number of rotatable bonds is 2. The lowest BCUT2D eigenvalue weighted by atomic mass is 10.1. The smallest absolute Gasteiger partial charge is 0.256 e. The largest absolute Gasteiger partial charge is 0.358 e. The Morgan fingerprint density at radius 2 is 2.14 bits per heavy atom. The van der Waals surface area contributed by atoms with E-state index in [0.717, 1.165) is 16.6 Å². The van der Waals surface area contributed by atoms with Crippen molar-refractivity contribution in [2.45, 2.75) is 19.4 Å². The summed E-state index contributed by atoms with van der Waals surface area (Å²) in [7, 11) is -1.35. The first-order chi connectivity index (χ1) is 10.3. The molecule has 1 unspecified atom stereocenters. The van der Waals surface area contributed by atoms with Crippen molar-refractivity contribution in [3.05, 3.63) is 34.5 Å². The molecule has 1 N–H and O–H groups in total. The molecule has 118 valence electrons. The molecule has 22 heavy (non-hydrogen) atoms. The zero-order valence-corrected chi connectivity index (χ0v) is 14.0. The van der Waals surface area contributed by atoms with Crippen LogP contribution in [0.1, 0.15) is 22.5 Å². The maximum absolute atomic E-state index is 12.8. The molecule has 1 saturated heterocycles. The molecule has 0 bridgehead atoms. The molecular weight excluding hydrogens is 324 g/mol. The first kappa shape index (κ1) is 15.4. The molecule has 3 rings (SSSR count). The number of fused-ring (bicyclic) bond motifs is 1. The molecule has 1 aliphatic rings. The molecule has 1 fully saturated rings. The van der Waals surface area contributed by atoms with Gasteiger partial charge in [-0.2, -0.15) is 0 Å². The van der Waals surface area contributed by atoms with E-state index in [9.17, 15) is 13.2 Å². The van der Waals surface area contributed by atoms with Crippen molar-refractivity contribution in [2.75, 3.05) is 18.6 Å². The van der Waals surface area contributed by atoms with Crippen LogP contribution in [-0.4, -0.2) is 48.8 Å². The van der Waals surface area contributed by atoms with Gasteiger partial charge < -0.3 is 9.88 Å². The van der Waals surface area contributed by atoms with E-state index >= 15 is 0 Å². The molecule has 0 radical (unpaired) electrons. The van der Waals surface area contributed by atoms with Gasteiger partial charge in [-0.15, -0.1) is 0 Å². The second-order valence-corrected chi connectivity index (χ2v) is 8.45. The first-order valence-corrected chi connectivity index (χ1v) is 9.24.